The molecule has 1 heterocycles. The van der Waals surface area contributed by atoms with Crippen LogP contribution in [-0.4, -0.2) is 9.97 Å². The zero-order chi connectivity index (χ0) is 13.2. The van der Waals surface area contributed by atoms with Crippen LogP contribution in [0.25, 0.3) is 11.0 Å². The lowest BCUT2D eigenvalue weighted by Crippen LogP contribution is -1.97. The third kappa shape index (κ3) is 2.56. The Hall–Kier alpha value is -2.00. The van der Waals surface area contributed by atoms with Gasteiger partial charge in [0.05, 0.1) is 11.0 Å². The Kier molecular flexibility index (Phi) is 3.13. The summed E-state index contributed by atoms with van der Waals surface area (Å²) in [4.78, 5) is 7.68. The molecule has 0 radical (unpaired) electrons. The molecule has 0 saturated carbocycles. The predicted molar refractivity (Wildman–Crippen MR) is 76.6 cm³/mol. The predicted octanol–water partition coefficient (Wildman–Crippen LogP) is 4.10. The maximum atomic E-state index is 6.06. The number of ether oxygens (including phenoxy) is 1. The van der Waals surface area contributed by atoms with Crippen LogP contribution in [0.4, 0.5) is 0 Å². The minimum absolute atomic E-state index is 0.397. The number of aromatic amines is 1. The summed E-state index contributed by atoms with van der Waals surface area (Å²) in [5.74, 6) is 1.55. The number of imidazole rings is 1. The molecule has 0 amide bonds. The second kappa shape index (κ2) is 4.94. The molecule has 3 rings (SSSR count). The highest BCUT2D eigenvalue weighted by Crippen LogP contribution is 2.22. The summed E-state index contributed by atoms with van der Waals surface area (Å²) < 4.78 is 5.68. The van der Waals surface area contributed by atoms with Crippen LogP contribution in [-0.2, 0) is 6.61 Å². The van der Waals surface area contributed by atoms with Gasteiger partial charge in [-0.05, 0) is 36.8 Å². The van der Waals surface area contributed by atoms with E-state index >= 15 is 0 Å². The Bertz CT molecular complexity index is 688. The van der Waals surface area contributed by atoms with Gasteiger partial charge in [-0.15, -0.1) is 0 Å². The van der Waals surface area contributed by atoms with Crippen LogP contribution < -0.4 is 4.74 Å². The number of fused-ring (bicyclic) bond motifs is 1. The number of nitrogens with zero attached hydrogens (tertiary/aromatic N) is 1. The summed E-state index contributed by atoms with van der Waals surface area (Å²) in [5.41, 5.74) is 3.00. The lowest BCUT2D eigenvalue weighted by Gasteiger charge is -2.05. The Morgan fingerprint density at radius 3 is 2.84 bits per heavy atom. The standard InChI is InChI=1S/C15H13ClN2O/c1-10-6-7-11(8-12(10)16)19-9-15-17-13-4-2-3-5-14(13)18-15/h2-8H,9H2,1H3,(H,17,18). The van der Waals surface area contributed by atoms with Crippen molar-refractivity contribution in [2.75, 3.05) is 0 Å². The number of hydrogen-bond donors (Lipinski definition) is 1. The first kappa shape index (κ1) is 12.1. The van der Waals surface area contributed by atoms with Crippen molar-refractivity contribution in [1.82, 2.24) is 9.97 Å². The van der Waals surface area contributed by atoms with Crippen LogP contribution in [0.15, 0.2) is 42.5 Å². The van der Waals surface area contributed by atoms with Gasteiger partial charge in [-0.25, -0.2) is 4.98 Å². The summed E-state index contributed by atoms with van der Waals surface area (Å²) in [5, 5.41) is 0.710. The van der Waals surface area contributed by atoms with Gasteiger partial charge in [-0.2, -0.15) is 0 Å². The molecule has 0 atom stereocenters. The molecule has 0 unspecified atom stereocenters. The number of halogens is 1. The van der Waals surface area contributed by atoms with Gasteiger partial charge in [0.1, 0.15) is 18.2 Å². The topological polar surface area (TPSA) is 37.9 Å². The van der Waals surface area contributed by atoms with Crippen LogP contribution in [0.3, 0.4) is 0 Å². The fourth-order valence-electron chi connectivity index (χ4n) is 1.89. The zero-order valence-electron chi connectivity index (χ0n) is 10.5. The van der Waals surface area contributed by atoms with Gasteiger partial charge in [-0.1, -0.05) is 29.8 Å². The number of H-pyrrole nitrogens is 1. The van der Waals surface area contributed by atoms with E-state index < -0.39 is 0 Å². The monoisotopic (exact) mass is 272 g/mol. The molecule has 0 spiro atoms. The Balaban J connectivity index is 1.76. The summed E-state index contributed by atoms with van der Waals surface area (Å²) in [7, 11) is 0. The Morgan fingerprint density at radius 2 is 2.05 bits per heavy atom. The molecule has 0 fully saturated rings. The lowest BCUT2D eigenvalue weighted by molar-refractivity contribution is 0.297. The van der Waals surface area contributed by atoms with Crippen molar-refractivity contribution < 1.29 is 4.74 Å². The van der Waals surface area contributed by atoms with Crippen molar-refractivity contribution >= 4 is 22.6 Å². The molecule has 1 aromatic heterocycles. The minimum Gasteiger partial charge on any atom is -0.486 e. The van der Waals surface area contributed by atoms with Gasteiger partial charge in [0.2, 0.25) is 0 Å². The lowest BCUT2D eigenvalue weighted by atomic mass is 10.2. The second-order valence-corrected chi connectivity index (χ2v) is 4.81. The first-order valence-corrected chi connectivity index (χ1v) is 6.43. The molecule has 1 N–H and O–H groups in total. The SMILES string of the molecule is Cc1ccc(OCc2nc3ccccc3[nH]2)cc1Cl. The van der Waals surface area contributed by atoms with Crippen molar-refractivity contribution in [3.8, 4) is 5.75 Å². The van der Waals surface area contributed by atoms with Crippen molar-refractivity contribution in [1.29, 1.82) is 0 Å². The Labute approximate surface area is 116 Å². The Morgan fingerprint density at radius 1 is 1.21 bits per heavy atom. The van der Waals surface area contributed by atoms with E-state index in [0.717, 1.165) is 28.2 Å². The van der Waals surface area contributed by atoms with Crippen LogP contribution in [0, 0.1) is 6.92 Å². The molecule has 19 heavy (non-hydrogen) atoms. The number of hydrogen-bond acceptors (Lipinski definition) is 2. The number of aromatic nitrogens is 2. The average molecular weight is 273 g/mol. The summed E-state index contributed by atoms with van der Waals surface area (Å²) >= 11 is 6.06. The van der Waals surface area contributed by atoms with E-state index in [0.29, 0.717) is 11.6 Å². The van der Waals surface area contributed by atoms with E-state index in [1.165, 1.54) is 0 Å². The average Bonchev–Trinajstić information content (AvgIpc) is 2.83. The fraction of sp³-hybridized carbons (Fsp3) is 0.133. The number of aryl methyl sites for hydroxylation is 1. The largest absolute Gasteiger partial charge is 0.486 e. The molecular weight excluding hydrogens is 260 g/mol. The first-order valence-electron chi connectivity index (χ1n) is 6.05. The van der Waals surface area contributed by atoms with Gasteiger partial charge in [0, 0.05) is 5.02 Å². The van der Waals surface area contributed by atoms with Crippen molar-refractivity contribution in [2.45, 2.75) is 13.5 Å². The molecule has 96 valence electrons. The molecule has 2 aromatic carbocycles. The number of nitrogens with one attached hydrogen (secondary N) is 1. The summed E-state index contributed by atoms with van der Waals surface area (Å²) in [6.07, 6.45) is 0. The second-order valence-electron chi connectivity index (χ2n) is 4.40. The highest BCUT2D eigenvalue weighted by atomic mass is 35.5. The molecule has 0 bridgehead atoms. The maximum Gasteiger partial charge on any atom is 0.146 e. The number of rotatable bonds is 3. The fourth-order valence-corrected chi connectivity index (χ4v) is 2.06. The van der Waals surface area contributed by atoms with Gasteiger partial charge >= 0.3 is 0 Å². The molecule has 0 saturated heterocycles. The van der Waals surface area contributed by atoms with Gasteiger partial charge < -0.3 is 9.72 Å². The van der Waals surface area contributed by atoms with E-state index in [1.54, 1.807) is 0 Å². The molecule has 0 aliphatic carbocycles. The molecule has 3 aromatic rings. The van der Waals surface area contributed by atoms with Crippen molar-refractivity contribution in [3.63, 3.8) is 0 Å². The van der Waals surface area contributed by atoms with E-state index in [9.17, 15) is 0 Å². The summed E-state index contributed by atoms with van der Waals surface area (Å²) in [6.45, 7) is 2.36. The quantitative estimate of drug-likeness (QED) is 0.779. The van der Waals surface area contributed by atoms with Crippen LogP contribution in [0.1, 0.15) is 11.4 Å². The smallest absolute Gasteiger partial charge is 0.146 e. The minimum atomic E-state index is 0.397. The molecule has 4 heteroatoms. The molecular formula is C15H13ClN2O. The number of benzene rings is 2. The van der Waals surface area contributed by atoms with Crippen molar-refractivity contribution in [2.24, 2.45) is 0 Å². The maximum absolute atomic E-state index is 6.06. The van der Waals surface area contributed by atoms with Gasteiger partial charge in [0.25, 0.3) is 0 Å². The van der Waals surface area contributed by atoms with Crippen molar-refractivity contribution in [3.05, 3.63) is 58.9 Å². The molecule has 0 aliphatic heterocycles. The normalized spacial score (nSPS) is 10.8. The molecule has 0 aliphatic rings. The highest BCUT2D eigenvalue weighted by Gasteiger charge is 2.04. The highest BCUT2D eigenvalue weighted by molar-refractivity contribution is 6.31. The van der Waals surface area contributed by atoms with E-state index in [4.69, 9.17) is 16.3 Å². The molecule has 3 nitrogen and oxygen atoms in total. The zero-order valence-corrected chi connectivity index (χ0v) is 11.2. The van der Waals surface area contributed by atoms with E-state index in [1.807, 2.05) is 49.4 Å². The van der Waals surface area contributed by atoms with Crippen LogP contribution in [0.5, 0.6) is 5.75 Å². The third-order valence-corrected chi connectivity index (χ3v) is 3.36. The first-order chi connectivity index (χ1) is 9.22. The van der Waals surface area contributed by atoms with Gasteiger partial charge in [0.15, 0.2) is 0 Å². The van der Waals surface area contributed by atoms with Gasteiger partial charge in [-0.3, -0.25) is 0 Å². The van der Waals surface area contributed by atoms with Crippen LogP contribution in [0.2, 0.25) is 5.02 Å². The van der Waals surface area contributed by atoms with Crippen LogP contribution >= 0.6 is 11.6 Å². The van der Waals surface area contributed by atoms with E-state index in [-0.39, 0.29) is 0 Å². The third-order valence-electron chi connectivity index (χ3n) is 2.96. The number of para-hydroxylation sites is 2. The summed E-state index contributed by atoms with van der Waals surface area (Å²) in [6, 6.07) is 13.6. The van der Waals surface area contributed by atoms with E-state index in [2.05, 4.69) is 9.97 Å².